The molecule has 4 aromatic rings. The number of nitriles is 1. The summed E-state index contributed by atoms with van der Waals surface area (Å²) in [6.07, 6.45) is 4.59. The number of carbonyl (C=O) groups excluding carboxylic acids is 1. The van der Waals surface area contributed by atoms with Gasteiger partial charge in [-0.1, -0.05) is 62.7 Å². The molecular formula is C32H30ClN3O2S. The van der Waals surface area contributed by atoms with Gasteiger partial charge in [0.05, 0.1) is 5.56 Å². The summed E-state index contributed by atoms with van der Waals surface area (Å²) in [6, 6.07) is 21.0. The van der Waals surface area contributed by atoms with Crippen molar-refractivity contribution in [3.05, 3.63) is 87.3 Å². The Morgan fingerprint density at radius 2 is 1.95 bits per heavy atom. The Morgan fingerprint density at radius 1 is 1.18 bits per heavy atom. The van der Waals surface area contributed by atoms with E-state index in [2.05, 4.69) is 26.1 Å². The van der Waals surface area contributed by atoms with Gasteiger partial charge in [-0.2, -0.15) is 5.26 Å². The first-order valence-corrected chi connectivity index (χ1v) is 14.2. The van der Waals surface area contributed by atoms with Gasteiger partial charge in [0.25, 0.3) is 5.91 Å². The second-order valence-electron chi connectivity index (χ2n) is 10.9. The Hall–Kier alpha value is -3.66. The van der Waals surface area contributed by atoms with Crippen molar-refractivity contribution in [2.45, 2.75) is 40.0 Å². The third-order valence-electron chi connectivity index (χ3n) is 7.33. The molecule has 7 heteroatoms. The zero-order valence-electron chi connectivity index (χ0n) is 22.3. The van der Waals surface area contributed by atoms with Gasteiger partial charge in [-0.05, 0) is 77.3 Å². The highest BCUT2D eigenvalue weighted by atomic mass is 35.5. The third-order valence-corrected chi connectivity index (χ3v) is 8.75. The molecule has 0 saturated heterocycles. The van der Waals surface area contributed by atoms with Crippen LogP contribution in [0.15, 0.2) is 65.7 Å². The normalized spacial score (nSPS) is 15.2. The molecule has 0 unspecified atom stereocenters. The molecule has 39 heavy (non-hydrogen) atoms. The van der Waals surface area contributed by atoms with Gasteiger partial charge in [0.2, 0.25) is 0 Å². The van der Waals surface area contributed by atoms with Gasteiger partial charge in [0.1, 0.15) is 16.8 Å². The van der Waals surface area contributed by atoms with Gasteiger partial charge in [-0.3, -0.25) is 4.79 Å². The van der Waals surface area contributed by atoms with E-state index < -0.39 is 0 Å². The predicted molar refractivity (Wildman–Crippen MR) is 161 cm³/mol. The number of rotatable bonds is 6. The second kappa shape index (κ2) is 11.2. The number of fused-ring (bicyclic) bond motifs is 2. The lowest BCUT2D eigenvalue weighted by Gasteiger charge is -2.33. The molecule has 1 heterocycles. The zero-order chi connectivity index (χ0) is 27.6. The molecular weight excluding hydrogens is 526 g/mol. The summed E-state index contributed by atoms with van der Waals surface area (Å²) in [7, 11) is 0. The van der Waals surface area contributed by atoms with Crippen molar-refractivity contribution >= 4 is 56.5 Å². The number of halogens is 1. The molecule has 1 N–H and O–H groups in total. The van der Waals surface area contributed by atoms with Gasteiger partial charge in [-0.25, -0.2) is 4.99 Å². The lowest BCUT2D eigenvalue weighted by atomic mass is 9.72. The number of nitrogens with one attached hydrogen (secondary N) is 1. The van der Waals surface area contributed by atoms with E-state index in [1.807, 2.05) is 42.5 Å². The molecule has 0 aliphatic heterocycles. The van der Waals surface area contributed by atoms with E-state index in [1.54, 1.807) is 41.8 Å². The molecule has 1 aromatic heterocycles. The number of aliphatic imine (C=N–C) groups is 1. The first kappa shape index (κ1) is 26.9. The average molecular weight is 556 g/mol. The molecule has 5 nitrogen and oxygen atoms in total. The number of nitrogens with zero attached hydrogens (tertiary/aromatic N) is 2. The summed E-state index contributed by atoms with van der Waals surface area (Å²) in [5.74, 6) is 0.951. The molecule has 5 rings (SSSR count). The number of hydrogen-bond donors (Lipinski definition) is 1. The van der Waals surface area contributed by atoms with Crippen LogP contribution in [0.4, 0.5) is 10.7 Å². The maximum Gasteiger partial charge on any atom is 0.259 e. The minimum Gasteiger partial charge on any atom is -0.478 e. The van der Waals surface area contributed by atoms with Crippen LogP contribution in [0.5, 0.6) is 5.75 Å². The van der Waals surface area contributed by atoms with Crippen LogP contribution in [-0.2, 0) is 12.8 Å². The van der Waals surface area contributed by atoms with Crippen molar-refractivity contribution in [1.82, 2.24) is 0 Å². The van der Waals surface area contributed by atoms with Crippen LogP contribution in [0.25, 0.3) is 10.8 Å². The number of carbonyl (C=O) groups is 1. The summed E-state index contributed by atoms with van der Waals surface area (Å²) in [4.78, 5) is 19.8. The SMILES string of the molecule is CC(C)(C)[C@@H]1CCc2c(sc(N=Cc3c(OCC#N)ccc4ccccc34)c2C(=O)Nc2ccc(Cl)cc2)C1. The highest BCUT2D eigenvalue weighted by Crippen LogP contribution is 2.45. The van der Waals surface area contributed by atoms with E-state index in [0.717, 1.165) is 41.2 Å². The van der Waals surface area contributed by atoms with Crippen molar-refractivity contribution in [2.75, 3.05) is 11.9 Å². The van der Waals surface area contributed by atoms with Crippen LogP contribution in [-0.4, -0.2) is 18.7 Å². The van der Waals surface area contributed by atoms with Crippen LogP contribution in [0, 0.1) is 22.7 Å². The summed E-state index contributed by atoms with van der Waals surface area (Å²) >= 11 is 7.64. The van der Waals surface area contributed by atoms with Crippen LogP contribution >= 0.6 is 22.9 Å². The Morgan fingerprint density at radius 3 is 2.69 bits per heavy atom. The number of ether oxygens (including phenoxy) is 1. The van der Waals surface area contributed by atoms with E-state index in [4.69, 9.17) is 26.6 Å². The smallest absolute Gasteiger partial charge is 0.259 e. The molecule has 3 aromatic carbocycles. The van der Waals surface area contributed by atoms with Gasteiger partial charge >= 0.3 is 0 Å². The monoisotopic (exact) mass is 555 g/mol. The molecule has 1 aliphatic rings. The topological polar surface area (TPSA) is 74.5 Å². The molecule has 1 atom stereocenters. The van der Waals surface area contributed by atoms with Crippen LogP contribution < -0.4 is 10.1 Å². The first-order chi connectivity index (χ1) is 18.7. The Labute approximate surface area is 238 Å². The molecule has 198 valence electrons. The Balaban J connectivity index is 1.58. The molecule has 1 amide bonds. The number of anilines is 1. The fraction of sp³-hybridized carbons (Fsp3) is 0.281. The van der Waals surface area contributed by atoms with Gasteiger partial charge < -0.3 is 10.1 Å². The maximum absolute atomic E-state index is 13.7. The van der Waals surface area contributed by atoms with Crippen molar-refractivity contribution in [3.8, 4) is 11.8 Å². The lowest BCUT2D eigenvalue weighted by molar-refractivity contribution is 0.102. The lowest BCUT2D eigenvalue weighted by Crippen LogP contribution is -2.27. The number of hydrogen-bond acceptors (Lipinski definition) is 5. The predicted octanol–water partition coefficient (Wildman–Crippen LogP) is 8.61. The van der Waals surface area contributed by atoms with E-state index in [1.165, 1.54) is 4.88 Å². The summed E-state index contributed by atoms with van der Waals surface area (Å²) in [6.45, 7) is 6.79. The van der Waals surface area contributed by atoms with Crippen molar-refractivity contribution in [2.24, 2.45) is 16.3 Å². The Bertz CT molecular complexity index is 1590. The fourth-order valence-electron chi connectivity index (χ4n) is 5.13. The van der Waals surface area contributed by atoms with Crippen LogP contribution in [0.2, 0.25) is 5.02 Å². The molecule has 0 bridgehead atoms. The summed E-state index contributed by atoms with van der Waals surface area (Å²) < 4.78 is 5.74. The summed E-state index contributed by atoms with van der Waals surface area (Å²) in [5, 5.41) is 15.4. The molecule has 0 fully saturated rings. The van der Waals surface area contributed by atoms with Crippen molar-refractivity contribution < 1.29 is 9.53 Å². The van der Waals surface area contributed by atoms with Gasteiger partial charge in [0, 0.05) is 27.4 Å². The minimum absolute atomic E-state index is 0.0601. The van der Waals surface area contributed by atoms with Crippen LogP contribution in [0.1, 0.15) is 53.6 Å². The van der Waals surface area contributed by atoms with E-state index >= 15 is 0 Å². The number of amides is 1. The third kappa shape index (κ3) is 5.85. The molecule has 0 spiro atoms. The van der Waals surface area contributed by atoms with Crippen molar-refractivity contribution in [1.29, 1.82) is 5.26 Å². The van der Waals surface area contributed by atoms with E-state index in [9.17, 15) is 4.79 Å². The molecule has 0 radical (unpaired) electrons. The van der Waals surface area contributed by atoms with Gasteiger partial charge in [0.15, 0.2) is 6.61 Å². The highest BCUT2D eigenvalue weighted by molar-refractivity contribution is 7.16. The Kier molecular flexibility index (Phi) is 7.74. The number of benzene rings is 3. The molecule has 1 aliphatic carbocycles. The highest BCUT2D eigenvalue weighted by Gasteiger charge is 2.33. The maximum atomic E-state index is 13.7. The van der Waals surface area contributed by atoms with Crippen LogP contribution in [0.3, 0.4) is 0 Å². The van der Waals surface area contributed by atoms with Crippen molar-refractivity contribution in [3.63, 3.8) is 0 Å². The largest absolute Gasteiger partial charge is 0.478 e. The van der Waals surface area contributed by atoms with E-state index in [0.29, 0.717) is 32.9 Å². The van der Waals surface area contributed by atoms with Gasteiger partial charge in [-0.15, -0.1) is 11.3 Å². The zero-order valence-corrected chi connectivity index (χ0v) is 23.8. The second-order valence-corrected chi connectivity index (χ2v) is 12.4. The minimum atomic E-state index is -0.171. The first-order valence-electron chi connectivity index (χ1n) is 13.0. The fourth-order valence-corrected chi connectivity index (χ4v) is 6.53. The van der Waals surface area contributed by atoms with E-state index in [-0.39, 0.29) is 17.9 Å². The standard InChI is InChI=1S/C32H30ClN3O2S/c1-32(2,3)21-9-14-25-28(18-21)39-31(29(25)30(37)36-23-12-10-22(33)11-13-23)35-19-26-24-7-5-4-6-20(24)8-15-27(26)38-17-16-34/h4-8,10-13,15,19,21H,9,14,17-18H2,1-3H3,(H,36,37)/t21-/m1/s1. The summed E-state index contributed by atoms with van der Waals surface area (Å²) in [5.41, 5.74) is 3.38. The number of thiophene rings is 1. The average Bonchev–Trinajstić information content (AvgIpc) is 3.29. The quantitative estimate of drug-likeness (QED) is 0.242. The molecule has 0 saturated carbocycles.